The smallest absolute Gasteiger partial charge is 0.306 e. The van der Waals surface area contributed by atoms with Gasteiger partial charge in [-0.2, -0.15) is 0 Å². The summed E-state index contributed by atoms with van der Waals surface area (Å²) in [4.78, 5) is 53.8. The van der Waals surface area contributed by atoms with Crippen molar-refractivity contribution in [2.24, 2.45) is 0 Å². The maximum atomic E-state index is 13.6. The van der Waals surface area contributed by atoms with Gasteiger partial charge in [0.05, 0.1) is 30.4 Å². The fraction of sp³-hybridized carbons (Fsp3) is 0.929. The molecule has 0 saturated carbocycles. The molecule has 1 aliphatic heterocycles. The van der Waals surface area contributed by atoms with E-state index in [1.54, 1.807) is 12.0 Å². The lowest BCUT2D eigenvalue weighted by atomic mass is 10.0. The van der Waals surface area contributed by atoms with Gasteiger partial charge in [-0.3, -0.25) is 19.2 Å². The third kappa shape index (κ3) is 35.9. The fourth-order valence-electron chi connectivity index (χ4n) is 8.91. The van der Waals surface area contributed by atoms with Gasteiger partial charge in [0.15, 0.2) is 0 Å². The van der Waals surface area contributed by atoms with Crippen LogP contribution >= 0.6 is 0 Å². The van der Waals surface area contributed by atoms with Gasteiger partial charge in [-0.05, 0) is 53.4 Å². The largest absolute Gasteiger partial charge is 0.463 e. The third-order valence-corrected chi connectivity index (χ3v) is 13.8. The maximum absolute atomic E-state index is 13.6. The van der Waals surface area contributed by atoms with E-state index in [1.165, 1.54) is 154 Å². The number of hydrogen-bond donors (Lipinski definition) is 1. The van der Waals surface area contributed by atoms with Crippen LogP contribution in [-0.2, 0) is 38.1 Å². The number of rotatable bonds is 46. The molecule has 1 saturated heterocycles. The van der Waals surface area contributed by atoms with Crippen LogP contribution in [0.1, 0.15) is 279 Å². The molecule has 66 heavy (non-hydrogen) atoms. The van der Waals surface area contributed by atoms with Crippen molar-refractivity contribution < 1.29 is 38.1 Å². The zero-order chi connectivity index (χ0) is 48.6. The summed E-state index contributed by atoms with van der Waals surface area (Å²) in [5, 5.41) is 2.94. The van der Waals surface area contributed by atoms with Gasteiger partial charge >= 0.3 is 11.9 Å². The summed E-state index contributed by atoms with van der Waals surface area (Å²) in [5.41, 5.74) is -0.677. The highest BCUT2D eigenvalue weighted by molar-refractivity contribution is 5.84. The third-order valence-electron chi connectivity index (χ3n) is 13.8. The average Bonchev–Trinajstić information content (AvgIpc) is 3.69. The number of carbonyl (C=O) groups is 4. The highest BCUT2D eigenvalue weighted by Gasteiger charge is 2.38. The molecule has 0 bridgehead atoms. The van der Waals surface area contributed by atoms with E-state index in [4.69, 9.17) is 18.9 Å². The Kier molecular flexibility index (Phi) is 38.1. The van der Waals surface area contributed by atoms with E-state index < -0.39 is 17.7 Å². The summed E-state index contributed by atoms with van der Waals surface area (Å²) in [6.07, 6.45) is 40.2. The predicted molar refractivity (Wildman–Crippen MR) is 273 cm³/mol. The van der Waals surface area contributed by atoms with Crippen LogP contribution in [0.4, 0.5) is 0 Å². The Balaban J connectivity index is 2.46. The van der Waals surface area contributed by atoms with Crippen LogP contribution in [0.3, 0.4) is 0 Å². The molecule has 0 aromatic rings. The first-order chi connectivity index (χ1) is 31.8. The molecular formula is C56H106N2O8. The van der Waals surface area contributed by atoms with Crippen LogP contribution in [0.5, 0.6) is 0 Å². The van der Waals surface area contributed by atoms with Crippen LogP contribution in [0.15, 0.2) is 0 Å². The molecule has 388 valence electrons. The number of hydrogen-bond acceptors (Lipinski definition) is 8. The van der Waals surface area contributed by atoms with Crippen molar-refractivity contribution in [1.29, 1.82) is 0 Å². The van der Waals surface area contributed by atoms with Gasteiger partial charge in [-0.1, -0.05) is 194 Å². The Morgan fingerprint density at radius 1 is 0.530 bits per heavy atom. The first-order valence-corrected chi connectivity index (χ1v) is 27.9. The van der Waals surface area contributed by atoms with Gasteiger partial charge in [-0.25, -0.2) is 0 Å². The topological polar surface area (TPSA) is 120 Å². The minimum absolute atomic E-state index is 0.0290. The van der Waals surface area contributed by atoms with Gasteiger partial charge in [0.25, 0.3) is 0 Å². The fourth-order valence-corrected chi connectivity index (χ4v) is 8.91. The Morgan fingerprint density at radius 2 is 0.955 bits per heavy atom. The van der Waals surface area contributed by atoms with Crippen molar-refractivity contribution >= 4 is 23.8 Å². The van der Waals surface area contributed by atoms with E-state index in [1.807, 2.05) is 27.7 Å². The Bertz CT molecular complexity index is 1210. The minimum Gasteiger partial charge on any atom is -0.463 e. The number of nitrogens with one attached hydrogen (secondary N) is 1. The lowest BCUT2D eigenvalue weighted by Crippen LogP contribution is -2.40. The molecule has 2 amide bonds. The SMILES string of the molecule is CCCCCCCCCCCCCCCCCC(=O)OC[C@@H]1C[C@@H](OC(=O)CCCCCCCCCCCCCCCCC)CN1C(=O)CCC(=O)NCCC(C)(C)OCCC(C)(C)OC. The summed E-state index contributed by atoms with van der Waals surface area (Å²) < 4.78 is 23.2. The van der Waals surface area contributed by atoms with E-state index in [-0.39, 0.29) is 55.3 Å². The number of likely N-dealkylation sites (tertiary alicyclic amines) is 1. The Hall–Kier alpha value is -2.20. The average molecular weight is 935 g/mol. The molecule has 0 radical (unpaired) electrons. The summed E-state index contributed by atoms with van der Waals surface area (Å²) in [5.74, 6) is -0.878. The van der Waals surface area contributed by atoms with Crippen molar-refractivity contribution in [3.05, 3.63) is 0 Å². The lowest BCUT2D eigenvalue weighted by Gasteiger charge is -2.29. The lowest BCUT2D eigenvalue weighted by molar-refractivity contribution is -0.149. The Labute approximate surface area is 406 Å². The number of carbonyl (C=O) groups excluding carboxylic acids is 4. The van der Waals surface area contributed by atoms with Gasteiger partial charge in [0.2, 0.25) is 11.8 Å². The molecule has 1 aliphatic rings. The predicted octanol–water partition coefficient (Wildman–Crippen LogP) is 14.5. The maximum Gasteiger partial charge on any atom is 0.306 e. The second-order valence-electron chi connectivity index (χ2n) is 21.1. The number of nitrogens with zero attached hydrogens (tertiary/aromatic N) is 1. The second-order valence-corrected chi connectivity index (χ2v) is 21.1. The van der Waals surface area contributed by atoms with Crippen molar-refractivity contribution in [3.63, 3.8) is 0 Å². The number of ether oxygens (including phenoxy) is 4. The van der Waals surface area contributed by atoms with E-state index in [0.717, 1.165) is 44.9 Å². The number of unbranched alkanes of at least 4 members (excludes halogenated alkanes) is 28. The van der Waals surface area contributed by atoms with Crippen LogP contribution < -0.4 is 5.32 Å². The molecule has 10 heteroatoms. The molecule has 0 aromatic carbocycles. The quantitative estimate of drug-likeness (QED) is 0.0473. The summed E-state index contributed by atoms with van der Waals surface area (Å²) in [6.45, 7) is 13.9. The molecule has 10 nitrogen and oxygen atoms in total. The molecule has 2 atom stereocenters. The van der Waals surface area contributed by atoms with Crippen molar-refractivity contribution in [1.82, 2.24) is 10.2 Å². The number of esters is 2. The molecule has 0 aliphatic carbocycles. The molecule has 0 unspecified atom stereocenters. The Morgan fingerprint density at radius 3 is 1.39 bits per heavy atom. The van der Waals surface area contributed by atoms with Gasteiger partial charge in [-0.15, -0.1) is 0 Å². The van der Waals surface area contributed by atoms with Gasteiger partial charge in [0, 0.05) is 45.8 Å². The second kappa shape index (κ2) is 40.7. The first kappa shape index (κ1) is 61.8. The van der Waals surface area contributed by atoms with Crippen LogP contribution in [0, 0.1) is 0 Å². The van der Waals surface area contributed by atoms with E-state index in [0.29, 0.717) is 38.8 Å². The molecule has 1 N–H and O–H groups in total. The summed E-state index contributed by atoms with van der Waals surface area (Å²) >= 11 is 0. The molecule has 1 fully saturated rings. The van der Waals surface area contributed by atoms with Crippen LogP contribution in [0.25, 0.3) is 0 Å². The van der Waals surface area contributed by atoms with Crippen molar-refractivity contribution in [2.45, 2.75) is 302 Å². The molecule has 1 rings (SSSR count). The molecule has 0 spiro atoms. The van der Waals surface area contributed by atoms with Crippen molar-refractivity contribution in [3.8, 4) is 0 Å². The van der Waals surface area contributed by atoms with E-state index in [9.17, 15) is 19.2 Å². The van der Waals surface area contributed by atoms with Crippen LogP contribution in [-0.4, -0.2) is 85.4 Å². The number of amides is 2. The normalized spacial score (nSPS) is 15.3. The van der Waals surface area contributed by atoms with E-state index >= 15 is 0 Å². The zero-order valence-electron chi connectivity index (χ0n) is 44.4. The molecule has 0 aromatic heterocycles. The van der Waals surface area contributed by atoms with E-state index in [2.05, 4.69) is 19.2 Å². The minimum atomic E-state index is -0.456. The first-order valence-electron chi connectivity index (χ1n) is 27.9. The highest BCUT2D eigenvalue weighted by Crippen LogP contribution is 2.25. The highest BCUT2D eigenvalue weighted by atomic mass is 16.5. The summed E-state index contributed by atoms with van der Waals surface area (Å²) in [6, 6.07) is -0.393. The summed E-state index contributed by atoms with van der Waals surface area (Å²) in [7, 11) is 1.70. The van der Waals surface area contributed by atoms with Gasteiger partial charge in [0.1, 0.15) is 12.7 Å². The van der Waals surface area contributed by atoms with Crippen LogP contribution in [0.2, 0.25) is 0 Å². The van der Waals surface area contributed by atoms with Crippen molar-refractivity contribution in [2.75, 3.05) is 33.4 Å². The number of methoxy groups -OCH3 is 1. The monoisotopic (exact) mass is 935 g/mol. The zero-order valence-corrected chi connectivity index (χ0v) is 44.4. The standard InChI is InChI=1S/C56H106N2O8/c1-8-10-12-14-16-18-20-22-24-26-28-30-32-34-36-38-53(61)64-48-49-46-50(66-54(62)39-37-35-33-31-29-27-25-23-21-19-17-15-13-11-9-2)47-58(49)52(60)41-40-51(59)57-44-42-56(5,6)65-45-43-55(3,4)63-7/h49-50H,8-48H2,1-7H3,(H,57,59)/t49-,50+/m0/s1. The van der Waals surface area contributed by atoms with Gasteiger partial charge < -0.3 is 29.2 Å². The molecular weight excluding hydrogens is 829 g/mol. The molecule has 1 heterocycles.